The molecule has 5 rings (SSSR count). The van der Waals surface area contributed by atoms with E-state index in [0.717, 1.165) is 12.8 Å². The first kappa shape index (κ1) is 26.3. The van der Waals surface area contributed by atoms with Crippen molar-refractivity contribution in [3.63, 3.8) is 0 Å². The van der Waals surface area contributed by atoms with Crippen LogP contribution in [0.2, 0.25) is 0 Å². The van der Waals surface area contributed by atoms with Crippen LogP contribution in [-0.2, 0) is 14.3 Å². The van der Waals surface area contributed by atoms with Gasteiger partial charge in [-0.15, -0.1) is 0 Å². The number of hydrogen-bond acceptors (Lipinski definition) is 8. The van der Waals surface area contributed by atoms with Gasteiger partial charge in [0.15, 0.2) is 5.79 Å². The van der Waals surface area contributed by atoms with Crippen LogP contribution in [0.25, 0.3) is 11.7 Å². The van der Waals surface area contributed by atoms with Crippen molar-refractivity contribution in [1.29, 1.82) is 0 Å². The minimum absolute atomic E-state index is 0.127. The van der Waals surface area contributed by atoms with E-state index in [-0.39, 0.29) is 11.5 Å². The summed E-state index contributed by atoms with van der Waals surface area (Å²) < 4.78 is 13.8. The molecule has 2 aromatic rings. The van der Waals surface area contributed by atoms with Crippen LogP contribution in [0.5, 0.6) is 0 Å². The summed E-state index contributed by atoms with van der Waals surface area (Å²) >= 11 is 6.81. The molecule has 8 nitrogen and oxygen atoms in total. The van der Waals surface area contributed by atoms with Gasteiger partial charge >= 0.3 is 0 Å². The molecule has 0 N–H and O–H groups in total. The van der Waals surface area contributed by atoms with Crippen LogP contribution in [0, 0.1) is 0 Å². The second-order valence-electron chi connectivity index (χ2n) is 9.78. The molecular formula is C27H34N4O4S2. The first-order valence-electron chi connectivity index (χ1n) is 13.3. The molecule has 3 fully saturated rings. The molecule has 198 valence electrons. The van der Waals surface area contributed by atoms with Crippen LogP contribution in [0.1, 0.15) is 63.9 Å². The highest BCUT2D eigenvalue weighted by molar-refractivity contribution is 8.26. The lowest BCUT2D eigenvalue weighted by Gasteiger charge is -2.38. The zero-order chi connectivity index (χ0) is 25.8. The number of anilines is 1. The van der Waals surface area contributed by atoms with Gasteiger partial charge in [0, 0.05) is 38.7 Å². The fourth-order valence-corrected chi connectivity index (χ4v) is 6.47. The fourth-order valence-electron chi connectivity index (χ4n) is 5.18. The summed E-state index contributed by atoms with van der Waals surface area (Å²) in [5.41, 5.74) is 0.785. The van der Waals surface area contributed by atoms with E-state index >= 15 is 0 Å². The highest BCUT2D eigenvalue weighted by Gasteiger charge is 2.41. The quantitative estimate of drug-likeness (QED) is 0.259. The summed E-state index contributed by atoms with van der Waals surface area (Å²) in [6, 6.07) is 5.49. The predicted octanol–water partition coefficient (Wildman–Crippen LogP) is 4.60. The van der Waals surface area contributed by atoms with E-state index in [2.05, 4.69) is 11.8 Å². The number of unbranched alkanes of at least 4 members (excludes halogenated alkanes) is 5. The van der Waals surface area contributed by atoms with E-state index in [4.69, 9.17) is 26.7 Å². The Labute approximate surface area is 227 Å². The van der Waals surface area contributed by atoms with Gasteiger partial charge in [-0.1, -0.05) is 69.1 Å². The molecule has 0 aliphatic carbocycles. The molecule has 5 heterocycles. The largest absolute Gasteiger partial charge is 0.355 e. The van der Waals surface area contributed by atoms with Gasteiger partial charge in [-0.2, -0.15) is 0 Å². The Kier molecular flexibility index (Phi) is 8.28. The van der Waals surface area contributed by atoms with E-state index in [1.165, 1.54) is 41.8 Å². The second kappa shape index (κ2) is 11.6. The molecule has 37 heavy (non-hydrogen) atoms. The summed E-state index contributed by atoms with van der Waals surface area (Å²) in [5, 5.41) is 0. The average Bonchev–Trinajstić information content (AvgIpc) is 3.47. The third-order valence-electron chi connectivity index (χ3n) is 7.27. The van der Waals surface area contributed by atoms with E-state index in [1.54, 1.807) is 23.2 Å². The Morgan fingerprint density at radius 2 is 1.81 bits per heavy atom. The second-order valence-corrected chi connectivity index (χ2v) is 11.5. The molecule has 1 amide bonds. The highest BCUT2D eigenvalue weighted by Crippen LogP contribution is 2.36. The van der Waals surface area contributed by atoms with Crippen LogP contribution in [-0.4, -0.2) is 63.1 Å². The van der Waals surface area contributed by atoms with Gasteiger partial charge in [0.2, 0.25) is 0 Å². The van der Waals surface area contributed by atoms with Crippen LogP contribution in [0.3, 0.4) is 0 Å². The van der Waals surface area contributed by atoms with E-state index in [9.17, 15) is 9.59 Å². The van der Waals surface area contributed by atoms with Crippen molar-refractivity contribution in [2.24, 2.45) is 0 Å². The van der Waals surface area contributed by atoms with Gasteiger partial charge in [0.05, 0.1) is 23.7 Å². The molecule has 0 bridgehead atoms. The number of carbonyl (C=O) groups is 1. The Bertz CT molecular complexity index is 1240. The Hall–Kier alpha value is -2.27. The van der Waals surface area contributed by atoms with Gasteiger partial charge in [0.1, 0.15) is 15.8 Å². The zero-order valence-electron chi connectivity index (χ0n) is 21.3. The zero-order valence-corrected chi connectivity index (χ0v) is 23.0. The molecule has 3 aliphatic rings. The smallest absolute Gasteiger partial charge is 0.267 e. The molecule has 0 aromatic carbocycles. The van der Waals surface area contributed by atoms with Crippen molar-refractivity contribution >= 4 is 51.7 Å². The summed E-state index contributed by atoms with van der Waals surface area (Å²) in [4.78, 5) is 36.0. The van der Waals surface area contributed by atoms with Gasteiger partial charge < -0.3 is 14.4 Å². The lowest BCUT2D eigenvalue weighted by atomic mass is 10.0. The lowest BCUT2D eigenvalue weighted by molar-refractivity contribution is -0.169. The molecule has 3 saturated heterocycles. The lowest BCUT2D eigenvalue weighted by Crippen LogP contribution is -2.46. The van der Waals surface area contributed by atoms with E-state index < -0.39 is 5.79 Å². The molecule has 2 aromatic heterocycles. The average molecular weight is 543 g/mol. The third kappa shape index (κ3) is 5.62. The first-order valence-corrected chi connectivity index (χ1v) is 14.5. The highest BCUT2D eigenvalue weighted by atomic mass is 32.2. The Morgan fingerprint density at radius 1 is 1.08 bits per heavy atom. The molecule has 0 unspecified atom stereocenters. The van der Waals surface area contributed by atoms with Crippen molar-refractivity contribution in [1.82, 2.24) is 14.3 Å². The van der Waals surface area contributed by atoms with Crippen molar-refractivity contribution in [3.05, 3.63) is 45.2 Å². The summed E-state index contributed by atoms with van der Waals surface area (Å²) in [6.45, 7) is 5.34. The monoisotopic (exact) mass is 542 g/mol. The summed E-state index contributed by atoms with van der Waals surface area (Å²) in [5.74, 6) is -0.0655. The topological polar surface area (TPSA) is 76.4 Å². The molecule has 1 spiro atoms. The number of fused-ring (bicyclic) bond motifs is 1. The maximum absolute atomic E-state index is 13.6. The number of amides is 1. The summed E-state index contributed by atoms with van der Waals surface area (Å²) in [6.07, 6.45) is 11.7. The van der Waals surface area contributed by atoms with Gasteiger partial charge in [-0.05, 0) is 24.6 Å². The molecular weight excluding hydrogens is 508 g/mol. The molecule has 3 aliphatic heterocycles. The van der Waals surface area contributed by atoms with Crippen molar-refractivity contribution in [2.75, 3.05) is 37.7 Å². The first-order chi connectivity index (χ1) is 18.0. The fraction of sp³-hybridized carbons (Fsp3) is 0.556. The minimum Gasteiger partial charge on any atom is -0.355 e. The standard InChI is InChI=1S/C27H34N4O4S2/c1-2-3-4-5-6-8-14-31-25(33)21(37-26(31)36)19-20-23(28-22-10-7-9-13-30(22)24(20)32)29-15-11-27(12-16-29)34-17-18-35-27/h7,9-10,13,19H,2-6,8,11-12,14-18H2,1H3. The number of carbonyl (C=O) groups excluding carboxylic acids is 1. The number of pyridine rings is 1. The van der Waals surface area contributed by atoms with Gasteiger partial charge in [-0.25, -0.2) is 4.98 Å². The number of aromatic nitrogens is 2. The normalized spacial score (nSPS) is 20.7. The van der Waals surface area contributed by atoms with E-state index in [1.807, 2.05) is 12.1 Å². The number of thioether (sulfide) groups is 1. The molecule has 0 radical (unpaired) electrons. The maximum Gasteiger partial charge on any atom is 0.267 e. The number of ether oxygens (including phenoxy) is 2. The Morgan fingerprint density at radius 3 is 2.57 bits per heavy atom. The third-order valence-corrected chi connectivity index (χ3v) is 8.65. The minimum atomic E-state index is -0.526. The van der Waals surface area contributed by atoms with Crippen molar-refractivity contribution < 1.29 is 14.3 Å². The molecule has 0 atom stereocenters. The van der Waals surface area contributed by atoms with Crippen molar-refractivity contribution in [3.8, 4) is 0 Å². The summed E-state index contributed by atoms with van der Waals surface area (Å²) in [7, 11) is 0. The van der Waals surface area contributed by atoms with Gasteiger partial charge in [0.25, 0.3) is 11.5 Å². The number of nitrogens with zero attached hydrogens (tertiary/aromatic N) is 4. The van der Waals surface area contributed by atoms with Crippen LogP contribution in [0.15, 0.2) is 34.1 Å². The number of thiocarbonyl (C=S) groups is 1. The van der Waals surface area contributed by atoms with E-state index in [0.29, 0.717) is 71.9 Å². The molecule has 0 saturated carbocycles. The number of rotatable bonds is 9. The number of piperidine rings is 1. The van der Waals surface area contributed by atoms with Gasteiger partial charge in [-0.3, -0.25) is 18.9 Å². The van der Waals surface area contributed by atoms with Crippen LogP contribution >= 0.6 is 24.0 Å². The van der Waals surface area contributed by atoms with Crippen LogP contribution < -0.4 is 10.5 Å². The number of hydrogen-bond donors (Lipinski definition) is 0. The predicted molar refractivity (Wildman–Crippen MR) is 151 cm³/mol. The molecule has 10 heteroatoms. The maximum atomic E-state index is 13.6. The SMILES string of the molecule is CCCCCCCCN1C(=O)C(=Cc2c(N3CCC4(CC3)OCCO4)nc3ccccn3c2=O)SC1=S. The van der Waals surface area contributed by atoms with Crippen LogP contribution in [0.4, 0.5) is 5.82 Å². The Balaban J connectivity index is 1.39. The van der Waals surface area contributed by atoms with Crippen molar-refractivity contribution in [2.45, 2.75) is 64.1 Å².